The number of nitrogens with zero attached hydrogens (tertiary/aromatic N) is 4. The summed E-state index contributed by atoms with van der Waals surface area (Å²) in [5.41, 5.74) is 0.301. The molecule has 1 amide bonds. The lowest BCUT2D eigenvalue weighted by Crippen LogP contribution is -2.48. The van der Waals surface area contributed by atoms with E-state index in [4.69, 9.17) is 0 Å². The van der Waals surface area contributed by atoms with Gasteiger partial charge in [0, 0.05) is 32.2 Å². The van der Waals surface area contributed by atoms with Gasteiger partial charge in [0.2, 0.25) is 5.91 Å². The minimum Gasteiger partial charge on any atom is -0.367 e. The standard InChI is InChI=1S/C16H25N5O/c1-16(2)6-4-5-12(16)19-13-9-14(18-11-17-13)21-8-7-20(3)15(22)10-21/h9,11-12H,4-8,10H2,1-3H3,(H,17,18,19). The lowest BCUT2D eigenvalue weighted by molar-refractivity contribution is -0.129. The highest BCUT2D eigenvalue weighted by atomic mass is 16.2. The van der Waals surface area contributed by atoms with E-state index in [1.807, 2.05) is 18.0 Å². The van der Waals surface area contributed by atoms with Gasteiger partial charge >= 0.3 is 0 Å². The third kappa shape index (κ3) is 3.00. The van der Waals surface area contributed by atoms with Crippen molar-refractivity contribution in [2.75, 3.05) is 36.9 Å². The molecule has 1 aliphatic heterocycles. The molecule has 1 aromatic heterocycles. The average Bonchev–Trinajstić information content (AvgIpc) is 2.81. The maximum absolute atomic E-state index is 11.9. The third-order valence-electron chi connectivity index (χ3n) is 5.01. The van der Waals surface area contributed by atoms with Crippen LogP contribution in [0.15, 0.2) is 12.4 Å². The molecule has 1 saturated carbocycles. The van der Waals surface area contributed by atoms with Gasteiger partial charge in [-0.05, 0) is 18.3 Å². The highest BCUT2D eigenvalue weighted by Gasteiger charge is 2.34. The van der Waals surface area contributed by atoms with Crippen molar-refractivity contribution in [3.63, 3.8) is 0 Å². The Morgan fingerprint density at radius 3 is 2.82 bits per heavy atom. The molecule has 3 rings (SSSR count). The summed E-state index contributed by atoms with van der Waals surface area (Å²) in [5.74, 6) is 1.82. The number of hydrogen-bond donors (Lipinski definition) is 1. The maximum Gasteiger partial charge on any atom is 0.241 e. The molecule has 1 unspecified atom stereocenters. The van der Waals surface area contributed by atoms with Crippen LogP contribution < -0.4 is 10.2 Å². The quantitative estimate of drug-likeness (QED) is 0.921. The summed E-state index contributed by atoms with van der Waals surface area (Å²) in [5, 5.41) is 3.56. The molecule has 2 fully saturated rings. The molecule has 2 aliphatic rings. The molecule has 120 valence electrons. The molecule has 1 aromatic rings. The van der Waals surface area contributed by atoms with E-state index in [0.29, 0.717) is 18.0 Å². The molecule has 2 heterocycles. The van der Waals surface area contributed by atoms with Gasteiger partial charge in [-0.2, -0.15) is 0 Å². The van der Waals surface area contributed by atoms with Gasteiger partial charge < -0.3 is 15.1 Å². The SMILES string of the molecule is CN1CCN(c2cc(NC3CCCC3(C)C)ncn2)CC1=O. The van der Waals surface area contributed by atoms with E-state index in [-0.39, 0.29) is 5.91 Å². The van der Waals surface area contributed by atoms with Crippen molar-refractivity contribution in [3.05, 3.63) is 12.4 Å². The molecule has 6 nitrogen and oxygen atoms in total. The number of anilines is 2. The zero-order valence-corrected chi connectivity index (χ0v) is 13.7. The Morgan fingerprint density at radius 2 is 2.14 bits per heavy atom. The van der Waals surface area contributed by atoms with Crippen LogP contribution in [0.3, 0.4) is 0 Å². The monoisotopic (exact) mass is 303 g/mol. The van der Waals surface area contributed by atoms with Crippen molar-refractivity contribution in [3.8, 4) is 0 Å². The number of nitrogens with one attached hydrogen (secondary N) is 1. The zero-order chi connectivity index (χ0) is 15.7. The molecular weight excluding hydrogens is 278 g/mol. The number of amides is 1. The molecule has 0 aromatic carbocycles. The van der Waals surface area contributed by atoms with Crippen LogP contribution >= 0.6 is 0 Å². The smallest absolute Gasteiger partial charge is 0.241 e. The van der Waals surface area contributed by atoms with Crippen molar-refractivity contribution < 1.29 is 4.79 Å². The molecule has 1 atom stereocenters. The Morgan fingerprint density at radius 1 is 1.32 bits per heavy atom. The summed E-state index contributed by atoms with van der Waals surface area (Å²) >= 11 is 0. The molecule has 1 saturated heterocycles. The van der Waals surface area contributed by atoms with Gasteiger partial charge in [-0.25, -0.2) is 9.97 Å². The van der Waals surface area contributed by atoms with E-state index < -0.39 is 0 Å². The van der Waals surface area contributed by atoms with Crippen molar-refractivity contribution in [2.45, 2.75) is 39.2 Å². The average molecular weight is 303 g/mol. The first-order valence-electron chi connectivity index (χ1n) is 8.03. The van der Waals surface area contributed by atoms with Gasteiger partial charge in [-0.15, -0.1) is 0 Å². The van der Waals surface area contributed by atoms with E-state index in [1.165, 1.54) is 19.3 Å². The minimum absolute atomic E-state index is 0.135. The fraction of sp³-hybridized carbons (Fsp3) is 0.688. The fourth-order valence-corrected chi connectivity index (χ4v) is 3.33. The number of carbonyl (C=O) groups excluding carboxylic acids is 1. The Kier molecular flexibility index (Phi) is 3.93. The molecule has 0 spiro atoms. The van der Waals surface area contributed by atoms with E-state index in [1.54, 1.807) is 11.2 Å². The lowest BCUT2D eigenvalue weighted by Gasteiger charge is -2.33. The van der Waals surface area contributed by atoms with E-state index in [2.05, 4.69) is 29.1 Å². The maximum atomic E-state index is 11.9. The molecular formula is C16H25N5O. The second kappa shape index (κ2) is 5.74. The largest absolute Gasteiger partial charge is 0.367 e. The number of rotatable bonds is 3. The molecule has 0 bridgehead atoms. The Hall–Kier alpha value is -1.85. The highest BCUT2D eigenvalue weighted by Crippen LogP contribution is 2.38. The summed E-state index contributed by atoms with van der Waals surface area (Å²) in [4.78, 5) is 24.3. The molecule has 6 heteroatoms. The number of likely N-dealkylation sites (N-methyl/N-ethyl adjacent to an activating group) is 1. The first kappa shape index (κ1) is 15.1. The van der Waals surface area contributed by atoms with Gasteiger partial charge in [0.05, 0.1) is 6.54 Å². The predicted octanol–water partition coefficient (Wildman–Crippen LogP) is 1.75. The lowest BCUT2D eigenvalue weighted by atomic mass is 9.87. The fourth-order valence-electron chi connectivity index (χ4n) is 3.33. The highest BCUT2D eigenvalue weighted by molar-refractivity contribution is 5.82. The van der Waals surface area contributed by atoms with Crippen molar-refractivity contribution in [1.82, 2.24) is 14.9 Å². The second-order valence-corrected chi connectivity index (χ2v) is 7.08. The molecule has 0 radical (unpaired) electrons. The van der Waals surface area contributed by atoms with Crippen molar-refractivity contribution in [1.29, 1.82) is 0 Å². The molecule has 1 aliphatic carbocycles. The number of piperazine rings is 1. The van der Waals surface area contributed by atoms with Crippen LogP contribution in [0.4, 0.5) is 11.6 Å². The molecule has 22 heavy (non-hydrogen) atoms. The van der Waals surface area contributed by atoms with Gasteiger partial charge in [0.1, 0.15) is 18.0 Å². The summed E-state index contributed by atoms with van der Waals surface area (Å²) < 4.78 is 0. The topological polar surface area (TPSA) is 61.4 Å². The minimum atomic E-state index is 0.135. The van der Waals surface area contributed by atoms with Gasteiger partial charge in [-0.1, -0.05) is 20.3 Å². The predicted molar refractivity (Wildman–Crippen MR) is 86.9 cm³/mol. The van der Waals surface area contributed by atoms with E-state index in [0.717, 1.165) is 24.7 Å². The Bertz CT molecular complexity index is 559. The second-order valence-electron chi connectivity index (χ2n) is 7.08. The van der Waals surface area contributed by atoms with Gasteiger partial charge in [0.15, 0.2) is 0 Å². The summed E-state index contributed by atoms with van der Waals surface area (Å²) in [7, 11) is 1.84. The van der Waals surface area contributed by atoms with Crippen LogP contribution in [0, 0.1) is 5.41 Å². The van der Waals surface area contributed by atoms with E-state index >= 15 is 0 Å². The Labute approximate surface area is 131 Å². The van der Waals surface area contributed by atoms with Crippen LogP contribution in [0.2, 0.25) is 0 Å². The van der Waals surface area contributed by atoms with Crippen LogP contribution in [0.1, 0.15) is 33.1 Å². The Balaban J connectivity index is 1.71. The van der Waals surface area contributed by atoms with Crippen LogP contribution in [0.5, 0.6) is 0 Å². The summed E-state index contributed by atoms with van der Waals surface area (Å²) in [6.07, 6.45) is 5.27. The summed E-state index contributed by atoms with van der Waals surface area (Å²) in [6.45, 7) is 6.55. The van der Waals surface area contributed by atoms with Crippen LogP contribution in [0.25, 0.3) is 0 Å². The number of carbonyl (C=O) groups is 1. The molecule has 1 N–H and O–H groups in total. The zero-order valence-electron chi connectivity index (χ0n) is 13.7. The summed E-state index contributed by atoms with van der Waals surface area (Å²) in [6, 6.07) is 2.41. The van der Waals surface area contributed by atoms with Crippen molar-refractivity contribution >= 4 is 17.5 Å². The van der Waals surface area contributed by atoms with Crippen LogP contribution in [-0.4, -0.2) is 53.5 Å². The van der Waals surface area contributed by atoms with Gasteiger partial charge in [0.25, 0.3) is 0 Å². The normalized spacial score (nSPS) is 24.7. The first-order valence-corrected chi connectivity index (χ1v) is 8.03. The number of hydrogen-bond acceptors (Lipinski definition) is 5. The van der Waals surface area contributed by atoms with Crippen molar-refractivity contribution in [2.24, 2.45) is 5.41 Å². The van der Waals surface area contributed by atoms with Gasteiger partial charge in [-0.3, -0.25) is 4.79 Å². The van der Waals surface area contributed by atoms with E-state index in [9.17, 15) is 4.79 Å². The third-order valence-corrected chi connectivity index (χ3v) is 5.01. The number of aromatic nitrogens is 2. The van der Waals surface area contributed by atoms with Crippen LogP contribution in [-0.2, 0) is 4.79 Å². The first-order chi connectivity index (χ1) is 10.5.